The first kappa shape index (κ1) is 14.7. The number of allylic oxidation sites excluding steroid dienone is 1. The lowest BCUT2D eigenvalue weighted by Gasteiger charge is -2.05. The number of phenolic OH excluding ortho intramolecular Hbond substituents is 1. The number of nitriles is 2. The minimum absolute atomic E-state index is 0.135. The predicted molar refractivity (Wildman–Crippen MR) is 70.6 cm³/mol. The van der Waals surface area contributed by atoms with Crippen molar-refractivity contribution in [2.24, 2.45) is 0 Å². The zero-order valence-electron chi connectivity index (χ0n) is 10.5. The maximum atomic E-state index is 11.6. The standard InChI is InChI=1S/C13H12N2O3S/c1-9-5-11(6-10(2)13(9)16)7-12(8-15)19(17,18)4-3-14/h5-7,16H,4H2,1-2H3/b12-7+. The monoisotopic (exact) mass is 276 g/mol. The minimum Gasteiger partial charge on any atom is -0.507 e. The second-order valence-corrected chi connectivity index (χ2v) is 6.00. The fourth-order valence-corrected chi connectivity index (χ4v) is 2.36. The Morgan fingerprint density at radius 1 is 1.32 bits per heavy atom. The van der Waals surface area contributed by atoms with E-state index in [4.69, 9.17) is 10.5 Å². The molecule has 98 valence electrons. The number of aryl methyl sites for hydroxylation is 2. The van der Waals surface area contributed by atoms with Crippen molar-refractivity contribution >= 4 is 15.9 Å². The van der Waals surface area contributed by atoms with Crippen LogP contribution in [0.25, 0.3) is 6.08 Å². The number of nitrogens with zero attached hydrogens (tertiary/aromatic N) is 2. The van der Waals surface area contributed by atoms with Gasteiger partial charge in [-0.15, -0.1) is 0 Å². The van der Waals surface area contributed by atoms with Crippen LogP contribution in [-0.4, -0.2) is 19.3 Å². The Morgan fingerprint density at radius 2 is 1.84 bits per heavy atom. The lowest BCUT2D eigenvalue weighted by atomic mass is 10.1. The molecule has 0 atom stereocenters. The molecule has 0 saturated heterocycles. The van der Waals surface area contributed by atoms with Crippen LogP contribution >= 0.6 is 0 Å². The van der Waals surface area contributed by atoms with Crippen LogP contribution in [0.1, 0.15) is 16.7 Å². The van der Waals surface area contributed by atoms with Crippen LogP contribution in [0.5, 0.6) is 5.75 Å². The summed E-state index contributed by atoms with van der Waals surface area (Å²) in [6.45, 7) is 3.35. The Kier molecular flexibility index (Phi) is 4.31. The molecule has 0 aliphatic heterocycles. The van der Waals surface area contributed by atoms with Gasteiger partial charge in [0, 0.05) is 0 Å². The van der Waals surface area contributed by atoms with Gasteiger partial charge in [-0.2, -0.15) is 10.5 Å². The molecule has 0 bridgehead atoms. The smallest absolute Gasteiger partial charge is 0.201 e. The summed E-state index contributed by atoms with van der Waals surface area (Å²) >= 11 is 0. The molecular formula is C13H12N2O3S. The summed E-state index contributed by atoms with van der Waals surface area (Å²) in [5.41, 5.74) is 1.66. The fraction of sp³-hybridized carbons (Fsp3) is 0.231. The molecule has 1 aromatic carbocycles. The molecule has 6 heteroatoms. The highest BCUT2D eigenvalue weighted by Crippen LogP contribution is 2.24. The molecule has 0 radical (unpaired) electrons. The number of benzene rings is 1. The van der Waals surface area contributed by atoms with Crippen molar-refractivity contribution in [1.29, 1.82) is 10.5 Å². The lowest BCUT2D eigenvalue weighted by Crippen LogP contribution is -2.06. The molecule has 0 fully saturated rings. The molecule has 0 spiro atoms. The number of aromatic hydroxyl groups is 1. The van der Waals surface area contributed by atoms with Crippen molar-refractivity contribution in [2.45, 2.75) is 13.8 Å². The van der Waals surface area contributed by atoms with Crippen LogP contribution in [0, 0.1) is 36.5 Å². The third kappa shape index (κ3) is 3.34. The maximum Gasteiger partial charge on any atom is 0.201 e. The first-order valence-electron chi connectivity index (χ1n) is 5.33. The van der Waals surface area contributed by atoms with Gasteiger partial charge in [-0.1, -0.05) is 0 Å². The van der Waals surface area contributed by atoms with E-state index in [0.717, 1.165) is 0 Å². The Hall–Kier alpha value is -2.31. The summed E-state index contributed by atoms with van der Waals surface area (Å²) in [5.74, 6) is -0.599. The SMILES string of the molecule is Cc1cc(/C=C(\C#N)S(=O)(=O)CC#N)cc(C)c1O. The highest BCUT2D eigenvalue weighted by Gasteiger charge is 2.17. The largest absolute Gasteiger partial charge is 0.507 e. The van der Waals surface area contributed by atoms with Crippen LogP contribution in [0.4, 0.5) is 0 Å². The average molecular weight is 276 g/mol. The van der Waals surface area contributed by atoms with Gasteiger partial charge in [-0.25, -0.2) is 8.42 Å². The molecule has 0 heterocycles. The maximum absolute atomic E-state index is 11.6. The number of hydrogen-bond donors (Lipinski definition) is 1. The molecule has 0 saturated carbocycles. The molecular weight excluding hydrogens is 264 g/mol. The number of hydrogen-bond acceptors (Lipinski definition) is 5. The van der Waals surface area contributed by atoms with Crippen molar-refractivity contribution in [1.82, 2.24) is 0 Å². The van der Waals surface area contributed by atoms with E-state index in [-0.39, 0.29) is 5.75 Å². The van der Waals surface area contributed by atoms with E-state index < -0.39 is 20.5 Å². The van der Waals surface area contributed by atoms with E-state index in [9.17, 15) is 13.5 Å². The van der Waals surface area contributed by atoms with Gasteiger partial charge in [-0.05, 0) is 48.7 Å². The molecule has 1 N–H and O–H groups in total. The van der Waals surface area contributed by atoms with E-state index in [1.54, 1.807) is 32.0 Å². The number of sulfone groups is 1. The summed E-state index contributed by atoms with van der Waals surface area (Å²) in [4.78, 5) is -0.460. The highest BCUT2D eigenvalue weighted by atomic mass is 32.2. The Labute approximate surface area is 112 Å². The van der Waals surface area contributed by atoms with Crippen LogP contribution < -0.4 is 0 Å². The van der Waals surface area contributed by atoms with Crippen molar-refractivity contribution in [3.8, 4) is 17.9 Å². The van der Waals surface area contributed by atoms with E-state index in [0.29, 0.717) is 16.7 Å². The molecule has 0 amide bonds. The van der Waals surface area contributed by atoms with Gasteiger partial charge in [0.25, 0.3) is 0 Å². The van der Waals surface area contributed by atoms with Gasteiger partial charge in [0.2, 0.25) is 9.84 Å². The molecule has 19 heavy (non-hydrogen) atoms. The third-order valence-corrected chi connectivity index (χ3v) is 3.90. The predicted octanol–water partition coefficient (Wildman–Crippen LogP) is 1.81. The van der Waals surface area contributed by atoms with E-state index in [1.165, 1.54) is 12.1 Å². The van der Waals surface area contributed by atoms with Gasteiger partial charge in [-0.3, -0.25) is 0 Å². The summed E-state index contributed by atoms with van der Waals surface area (Å²) in [7, 11) is -3.88. The summed E-state index contributed by atoms with van der Waals surface area (Å²) in [6.07, 6.45) is 1.20. The van der Waals surface area contributed by atoms with Crippen molar-refractivity contribution in [2.75, 3.05) is 5.75 Å². The van der Waals surface area contributed by atoms with Crippen molar-refractivity contribution in [3.05, 3.63) is 33.7 Å². The lowest BCUT2D eigenvalue weighted by molar-refractivity contribution is 0.467. The van der Waals surface area contributed by atoms with Gasteiger partial charge < -0.3 is 5.11 Å². The van der Waals surface area contributed by atoms with E-state index in [1.807, 2.05) is 0 Å². The summed E-state index contributed by atoms with van der Waals surface area (Å²) in [6, 6.07) is 6.25. The molecule has 1 rings (SSSR count). The molecule has 0 aromatic heterocycles. The second-order valence-electron chi connectivity index (χ2n) is 4.04. The van der Waals surface area contributed by atoms with Crippen LogP contribution in [-0.2, 0) is 9.84 Å². The van der Waals surface area contributed by atoms with Crippen LogP contribution in [0.15, 0.2) is 17.0 Å². The fourth-order valence-electron chi connectivity index (χ4n) is 1.58. The molecule has 0 aliphatic rings. The van der Waals surface area contributed by atoms with Crippen LogP contribution in [0.2, 0.25) is 0 Å². The third-order valence-electron chi connectivity index (χ3n) is 2.51. The topological polar surface area (TPSA) is 102 Å². The normalized spacial score (nSPS) is 11.7. The molecule has 1 aromatic rings. The zero-order chi connectivity index (χ0) is 14.6. The quantitative estimate of drug-likeness (QED) is 0.848. The van der Waals surface area contributed by atoms with Crippen molar-refractivity contribution in [3.63, 3.8) is 0 Å². The van der Waals surface area contributed by atoms with Gasteiger partial charge in [0.1, 0.15) is 22.5 Å². The summed E-state index contributed by atoms with van der Waals surface area (Å²) < 4.78 is 23.3. The zero-order valence-corrected chi connectivity index (χ0v) is 11.3. The second kappa shape index (κ2) is 5.55. The number of rotatable bonds is 3. The molecule has 0 aliphatic carbocycles. The summed E-state index contributed by atoms with van der Waals surface area (Å²) in [5, 5.41) is 26.9. The highest BCUT2D eigenvalue weighted by molar-refractivity contribution is 7.95. The Morgan fingerprint density at radius 3 is 2.26 bits per heavy atom. The molecule has 0 unspecified atom stereocenters. The molecule has 5 nitrogen and oxygen atoms in total. The Balaban J connectivity index is 3.37. The van der Waals surface area contributed by atoms with Gasteiger partial charge >= 0.3 is 0 Å². The number of phenols is 1. The Bertz CT molecular complexity index is 696. The minimum atomic E-state index is -3.88. The van der Waals surface area contributed by atoms with Gasteiger partial charge in [0.05, 0.1) is 6.07 Å². The van der Waals surface area contributed by atoms with E-state index >= 15 is 0 Å². The first-order valence-corrected chi connectivity index (χ1v) is 6.98. The average Bonchev–Trinajstić information content (AvgIpc) is 2.32. The van der Waals surface area contributed by atoms with E-state index in [2.05, 4.69) is 0 Å². The van der Waals surface area contributed by atoms with Gasteiger partial charge in [0.15, 0.2) is 0 Å². The van der Waals surface area contributed by atoms with Crippen LogP contribution in [0.3, 0.4) is 0 Å². The first-order chi connectivity index (χ1) is 8.81. The van der Waals surface area contributed by atoms with Crippen molar-refractivity contribution < 1.29 is 13.5 Å².